The van der Waals surface area contributed by atoms with Crippen molar-refractivity contribution in [1.29, 1.82) is 0 Å². The minimum atomic E-state index is -1.09. The lowest BCUT2D eigenvalue weighted by Crippen LogP contribution is -2.42. The Morgan fingerprint density at radius 3 is 2.52 bits per heavy atom. The first-order chi connectivity index (χ1) is 11.9. The predicted molar refractivity (Wildman–Crippen MR) is 94.3 cm³/mol. The van der Waals surface area contributed by atoms with Gasteiger partial charge in [0.05, 0.1) is 5.69 Å². The molecule has 1 atom stereocenters. The third kappa shape index (κ3) is 5.07. The maximum absolute atomic E-state index is 12.3. The zero-order valence-electron chi connectivity index (χ0n) is 14.8. The van der Waals surface area contributed by atoms with E-state index in [1.54, 1.807) is 37.4 Å². The number of aliphatic carboxylic acids is 1. The maximum atomic E-state index is 12.3. The van der Waals surface area contributed by atoms with Gasteiger partial charge in [0.2, 0.25) is 0 Å². The van der Waals surface area contributed by atoms with Crippen molar-refractivity contribution in [2.75, 3.05) is 13.6 Å². The number of benzene rings is 1. The summed E-state index contributed by atoms with van der Waals surface area (Å²) in [7, 11) is 1.65. The monoisotopic (exact) mass is 344 g/mol. The molecule has 2 aromatic rings. The van der Waals surface area contributed by atoms with Gasteiger partial charge in [-0.2, -0.15) is 5.10 Å². The van der Waals surface area contributed by atoms with Crippen LogP contribution in [-0.4, -0.2) is 45.4 Å². The molecule has 2 N–H and O–H groups in total. The number of amides is 2. The lowest BCUT2D eigenvalue weighted by molar-refractivity contribution is -0.139. The average Bonchev–Trinajstić information content (AvgIpc) is 2.90. The van der Waals surface area contributed by atoms with Gasteiger partial charge in [-0.05, 0) is 31.9 Å². The molecule has 25 heavy (non-hydrogen) atoms. The molecule has 0 spiro atoms. The van der Waals surface area contributed by atoms with Crippen LogP contribution in [-0.2, 0) is 11.3 Å². The Kier molecular flexibility index (Phi) is 6.16. The number of urea groups is 1. The van der Waals surface area contributed by atoms with E-state index in [-0.39, 0.29) is 0 Å². The molecule has 1 aromatic heterocycles. The molecule has 0 bridgehead atoms. The van der Waals surface area contributed by atoms with Gasteiger partial charge in [0, 0.05) is 25.8 Å². The number of carbonyl (C=O) groups is 2. The lowest BCUT2D eigenvalue weighted by atomic mass is 10.1. The summed E-state index contributed by atoms with van der Waals surface area (Å²) in [5.74, 6) is -1.09. The van der Waals surface area contributed by atoms with Crippen LogP contribution in [0.25, 0.3) is 0 Å². The molecule has 134 valence electrons. The first kappa shape index (κ1) is 18.5. The summed E-state index contributed by atoms with van der Waals surface area (Å²) in [6.07, 6.45) is 0.731. The topological polar surface area (TPSA) is 87.5 Å². The van der Waals surface area contributed by atoms with Crippen molar-refractivity contribution >= 4 is 12.0 Å². The van der Waals surface area contributed by atoms with Crippen molar-refractivity contribution in [3.63, 3.8) is 0 Å². The Labute approximate surface area is 147 Å². The Morgan fingerprint density at radius 2 is 1.96 bits per heavy atom. The largest absolute Gasteiger partial charge is 0.479 e. The van der Waals surface area contributed by atoms with Crippen LogP contribution in [0, 0.1) is 13.8 Å². The summed E-state index contributed by atoms with van der Waals surface area (Å²) in [6.45, 7) is 5.15. The molecule has 1 aromatic carbocycles. The van der Waals surface area contributed by atoms with E-state index in [1.165, 1.54) is 4.90 Å². The van der Waals surface area contributed by atoms with Gasteiger partial charge in [-0.1, -0.05) is 30.3 Å². The summed E-state index contributed by atoms with van der Waals surface area (Å²) < 4.78 is 1.91. The van der Waals surface area contributed by atoms with Gasteiger partial charge in [-0.25, -0.2) is 9.59 Å². The van der Waals surface area contributed by atoms with Crippen LogP contribution in [0.4, 0.5) is 4.79 Å². The molecule has 0 aliphatic rings. The third-order valence-electron chi connectivity index (χ3n) is 3.96. The molecule has 2 rings (SSSR count). The van der Waals surface area contributed by atoms with Crippen LogP contribution >= 0.6 is 0 Å². The van der Waals surface area contributed by atoms with E-state index >= 15 is 0 Å². The van der Waals surface area contributed by atoms with E-state index in [0.717, 1.165) is 17.8 Å². The standard InChI is InChI=1S/C18H24N4O3/c1-13-12-14(2)22(20-13)11-7-10-21(3)18(25)19-16(17(23)24)15-8-5-4-6-9-15/h4-6,8-9,12,16H,7,10-11H2,1-3H3,(H,19,25)(H,23,24). The van der Waals surface area contributed by atoms with Gasteiger partial charge in [0.15, 0.2) is 6.04 Å². The molecule has 1 heterocycles. The van der Waals surface area contributed by atoms with Crippen molar-refractivity contribution in [3.8, 4) is 0 Å². The molecule has 0 aliphatic heterocycles. The van der Waals surface area contributed by atoms with Crippen molar-refractivity contribution in [2.24, 2.45) is 0 Å². The molecular weight excluding hydrogens is 320 g/mol. The van der Waals surface area contributed by atoms with Crippen LogP contribution in [0.3, 0.4) is 0 Å². The Hall–Kier alpha value is -2.83. The zero-order valence-corrected chi connectivity index (χ0v) is 14.8. The number of carbonyl (C=O) groups excluding carboxylic acids is 1. The number of rotatable bonds is 7. The number of aryl methyl sites for hydroxylation is 3. The first-order valence-electron chi connectivity index (χ1n) is 8.19. The van der Waals surface area contributed by atoms with Gasteiger partial charge in [-0.3, -0.25) is 4.68 Å². The molecule has 2 amide bonds. The summed E-state index contributed by atoms with van der Waals surface area (Å²) in [5.41, 5.74) is 2.59. The van der Waals surface area contributed by atoms with Gasteiger partial charge < -0.3 is 15.3 Å². The number of hydrogen-bond donors (Lipinski definition) is 2. The van der Waals surface area contributed by atoms with E-state index in [1.807, 2.05) is 24.6 Å². The second-order valence-corrected chi connectivity index (χ2v) is 6.06. The fraction of sp³-hybridized carbons (Fsp3) is 0.389. The summed E-state index contributed by atoms with van der Waals surface area (Å²) >= 11 is 0. The quantitative estimate of drug-likeness (QED) is 0.807. The van der Waals surface area contributed by atoms with Gasteiger partial charge in [0.25, 0.3) is 0 Å². The van der Waals surface area contributed by atoms with Crippen LogP contribution < -0.4 is 5.32 Å². The van der Waals surface area contributed by atoms with Crippen molar-refractivity contribution in [3.05, 3.63) is 53.3 Å². The Morgan fingerprint density at radius 1 is 1.28 bits per heavy atom. The van der Waals surface area contributed by atoms with Gasteiger partial charge >= 0.3 is 12.0 Å². The number of hydrogen-bond acceptors (Lipinski definition) is 3. The molecule has 0 saturated carbocycles. The molecule has 0 aliphatic carbocycles. The Bertz CT molecular complexity index is 727. The first-order valence-corrected chi connectivity index (χ1v) is 8.19. The summed E-state index contributed by atoms with van der Waals surface area (Å²) in [5, 5.41) is 16.3. The second-order valence-electron chi connectivity index (χ2n) is 6.06. The van der Waals surface area contributed by atoms with E-state index in [9.17, 15) is 14.7 Å². The molecule has 0 radical (unpaired) electrons. The minimum absolute atomic E-state index is 0.412. The fourth-order valence-electron chi connectivity index (χ4n) is 2.63. The van der Waals surface area contributed by atoms with Crippen LogP contribution in [0.2, 0.25) is 0 Å². The van der Waals surface area contributed by atoms with Crippen molar-refractivity contribution in [2.45, 2.75) is 32.9 Å². The van der Waals surface area contributed by atoms with Crippen LogP contribution in [0.1, 0.15) is 29.4 Å². The highest BCUT2D eigenvalue weighted by molar-refractivity contribution is 5.83. The summed E-state index contributed by atoms with van der Waals surface area (Å²) in [4.78, 5) is 25.2. The fourth-order valence-corrected chi connectivity index (χ4v) is 2.63. The molecule has 0 saturated heterocycles. The highest BCUT2D eigenvalue weighted by atomic mass is 16.4. The molecular formula is C18H24N4O3. The average molecular weight is 344 g/mol. The maximum Gasteiger partial charge on any atom is 0.330 e. The van der Waals surface area contributed by atoms with E-state index in [2.05, 4.69) is 10.4 Å². The van der Waals surface area contributed by atoms with E-state index in [4.69, 9.17) is 0 Å². The number of carboxylic acids is 1. The number of nitrogens with zero attached hydrogens (tertiary/aromatic N) is 3. The smallest absolute Gasteiger partial charge is 0.330 e. The molecule has 1 unspecified atom stereocenters. The van der Waals surface area contributed by atoms with E-state index in [0.29, 0.717) is 18.7 Å². The predicted octanol–water partition coefficient (Wildman–Crippen LogP) is 2.36. The molecule has 7 heteroatoms. The van der Waals surface area contributed by atoms with E-state index < -0.39 is 18.0 Å². The third-order valence-corrected chi connectivity index (χ3v) is 3.96. The van der Waals surface area contributed by atoms with Gasteiger partial charge in [-0.15, -0.1) is 0 Å². The highest BCUT2D eigenvalue weighted by Crippen LogP contribution is 2.13. The van der Waals surface area contributed by atoms with Gasteiger partial charge in [0.1, 0.15) is 0 Å². The zero-order chi connectivity index (χ0) is 18.4. The van der Waals surface area contributed by atoms with Crippen LogP contribution in [0.15, 0.2) is 36.4 Å². The molecule has 0 fully saturated rings. The SMILES string of the molecule is Cc1cc(C)n(CCCN(C)C(=O)NC(C(=O)O)c2ccccc2)n1. The lowest BCUT2D eigenvalue weighted by Gasteiger charge is -2.21. The number of aromatic nitrogens is 2. The Balaban J connectivity index is 1.88. The van der Waals surface area contributed by atoms with Crippen molar-refractivity contribution in [1.82, 2.24) is 20.0 Å². The molecule has 7 nitrogen and oxygen atoms in total. The number of nitrogens with one attached hydrogen (secondary N) is 1. The normalized spacial score (nSPS) is 11.8. The minimum Gasteiger partial charge on any atom is -0.479 e. The summed E-state index contributed by atoms with van der Waals surface area (Å²) in [6, 6.07) is 9.19. The highest BCUT2D eigenvalue weighted by Gasteiger charge is 2.23. The van der Waals surface area contributed by atoms with Crippen LogP contribution in [0.5, 0.6) is 0 Å². The second kappa shape index (κ2) is 8.32. The number of carboxylic acid groups (broad SMARTS) is 1. The van der Waals surface area contributed by atoms with Crippen molar-refractivity contribution < 1.29 is 14.7 Å².